The number of halogens is 1. The van der Waals surface area contributed by atoms with Gasteiger partial charge in [0.25, 0.3) is 0 Å². The highest BCUT2D eigenvalue weighted by Gasteiger charge is 2.28. The third-order valence-corrected chi connectivity index (χ3v) is 3.66. The number of fused-ring (bicyclic) bond motifs is 1. The van der Waals surface area contributed by atoms with Crippen molar-refractivity contribution in [1.82, 2.24) is 20.2 Å². The van der Waals surface area contributed by atoms with Crippen LogP contribution in [-0.4, -0.2) is 20.2 Å². The van der Waals surface area contributed by atoms with E-state index in [1.165, 1.54) is 12.8 Å². The predicted octanol–water partition coefficient (Wildman–Crippen LogP) is 3.00. The molecule has 1 aliphatic carbocycles. The van der Waals surface area contributed by atoms with E-state index in [1.54, 1.807) is 4.80 Å². The number of nitrogens with zero attached hydrogens (tertiary/aromatic N) is 4. The average Bonchev–Trinajstić information content (AvgIpc) is 3.09. The first-order valence-corrected chi connectivity index (χ1v) is 6.62. The molecule has 0 spiro atoms. The quantitative estimate of drug-likeness (QED) is 0.737. The van der Waals surface area contributed by atoms with Gasteiger partial charge >= 0.3 is 0 Å². The van der Waals surface area contributed by atoms with Crippen LogP contribution < -0.4 is 0 Å². The summed E-state index contributed by atoms with van der Waals surface area (Å²) in [5.41, 5.74) is 1.68. The molecule has 1 aromatic carbocycles. The summed E-state index contributed by atoms with van der Waals surface area (Å²) in [6.45, 7) is 0.482. The van der Waals surface area contributed by atoms with Crippen LogP contribution in [0.5, 0.6) is 0 Å². The van der Waals surface area contributed by atoms with E-state index in [9.17, 15) is 0 Å². The molecule has 0 radical (unpaired) electrons. The molecule has 0 unspecified atom stereocenters. The highest BCUT2D eigenvalue weighted by atomic mass is 35.5. The Kier molecular flexibility index (Phi) is 2.35. The maximum Gasteiger partial charge on any atom is 0.199 e. The average molecular weight is 275 g/mol. The zero-order chi connectivity index (χ0) is 12.8. The Morgan fingerprint density at radius 3 is 3.00 bits per heavy atom. The van der Waals surface area contributed by atoms with Gasteiger partial charge in [0.1, 0.15) is 5.58 Å². The fourth-order valence-corrected chi connectivity index (χ4v) is 2.43. The highest BCUT2D eigenvalue weighted by Crippen LogP contribution is 2.37. The van der Waals surface area contributed by atoms with Crippen molar-refractivity contribution in [1.29, 1.82) is 0 Å². The maximum atomic E-state index is 6.14. The Morgan fingerprint density at radius 1 is 1.32 bits per heavy atom. The fourth-order valence-electron chi connectivity index (χ4n) is 2.19. The van der Waals surface area contributed by atoms with E-state index in [1.807, 2.05) is 24.3 Å². The SMILES string of the molecule is Clc1oc2ccccc2c1Cn1nnc(C2CC2)n1. The zero-order valence-electron chi connectivity index (χ0n) is 10.1. The molecule has 0 aliphatic heterocycles. The molecule has 2 aromatic heterocycles. The number of benzene rings is 1. The highest BCUT2D eigenvalue weighted by molar-refractivity contribution is 6.30. The van der Waals surface area contributed by atoms with Crippen LogP contribution in [0.4, 0.5) is 0 Å². The van der Waals surface area contributed by atoms with Gasteiger partial charge in [0, 0.05) is 16.9 Å². The van der Waals surface area contributed by atoms with Gasteiger partial charge in [-0.3, -0.25) is 0 Å². The molecule has 3 aromatic rings. The summed E-state index contributed by atoms with van der Waals surface area (Å²) in [7, 11) is 0. The minimum atomic E-state index is 0.395. The molecule has 5 nitrogen and oxygen atoms in total. The van der Waals surface area contributed by atoms with E-state index < -0.39 is 0 Å². The van der Waals surface area contributed by atoms with E-state index in [-0.39, 0.29) is 0 Å². The minimum Gasteiger partial charge on any atom is -0.444 e. The first kappa shape index (κ1) is 11.0. The third kappa shape index (κ3) is 1.90. The van der Waals surface area contributed by atoms with E-state index in [0.29, 0.717) is 17.7 Å². The van der Waals surface area contributed by atoms with Crippen molar-refractivity contribution in [2.45, 2.75) is 25.3 Å². The first-order chi connectivity index (χ1) is 9.31. The van der Waals surface area contributed by atoms with E-state index in [0.717, 1.165) is 22.4 Å². The van der Waals surface area contributed by atoms with Crippen LogP contribution in [-0.2, 0) is 6.54 Å². The topological polar surface area (TPSA) is 56.7 Å². The molecule has 4 rings (SSSR count). The summed E-state index contributed by atoms with van der Waals surface area (Å²) in [6.07, 6.45) is 2.34. The summed E-state index contributed by atoms with van der Waals surface area (Å²) < 4.78 is 5.51. The second-order valence-electron chi connectivity index (χ2n) is 4.80. The van der Waals surface area contributed by atoms with Gasteiger partial charge in [-0.1, -0.05) is 18.2 Å². The van der Waals surface area contributed by atoms with Crippen molar-refractivity contribution in [3.05, 3.63) is 40.9 Å². The van der Waals surface area contributed by atoms with E-state index in [2.05, 4.69) is 15.4 Å². The van der Waals surface area contributed by atoms with Crippen molar-refractivity contribution in [3.63, 3.8) is 0 Å². The first-order valence-electron chi connectivity index (χ1n) is 6.25. The molecule has 0 saturated heterocycles. The van der Waals surface area contributed by atoms with Gasteiger partial charge in [0.15, 0.2) is 11.0 Å². The molecule has 0 amide bonds. The second-order valence-corrected chi connectivity index (χ2v) is 5.15. The molecular weight excluding hydrogens is 264 g/mol. The molecule has 0 atom stereocenters. The molecule has 19 heavy (non-hydrogen) atoms. The summed E-state index contributed by atoms with van der Waals surface area (Å²) in [4.78, 5) is 1.58. The van der Waals surface area contributed by atoms with Gasteiger partial charge in [0.05, 0.1) is 6.54 Å². The van der Waals surface area contributed by atoms with Crippen LogP contribution in [0.3, 0.4) is 0 Å². The lowest BCUT2D eigenvalue weighted by Crippen LogP contribution is -2.04. The van der Waals surface area contributed by atoms with Crippen LogP contribution in [0.15, 0.2) is 28.7 Å². The van der Waals surface area contributed by atoms with Gasteiger partial charge in [-0.2, -0.15) is 4.80 Å². The van der Waals surface area contributed by atoms with Crippen LogP contribution in [0.1, 0.15) is 30.1 Å². The Hall–Kier alpha value is -1.88. The van der Waals surface area contributed by atoms with Gasteiger partial charge in [0.2, 0.25) is 0 Å². The number of rotatable bonds is 3. The Bertz CT molecular complexity index is 744. The molecule has 2 heterocycles. The van der Waals surface area contributed by atoms with Crippen molar-refractivity contribution >= 4 is 22.6 Å². The van der Waals surface area contributed by atoms with Crippen molar-refractivity contribution in [3.8, 4) is 0 Å². The van der Waals surface area contributed by atoms with Crippen LogP contribution in [0.2, 0.25) is 5.22 Å². The number of aromatic nitrogens is 4. The molecule has 0 bridgehead atoms. The number of para-hydroxylation sites is 1. The number of furan rings is 1. The molecule has 1 saturated carbocycles. The lowest BCUT2D eigenvalue weighted by molar-refractivity contribution is 0.558. The standard InChI is InChI=1S/C13H11ClN4O/c14-12-10(9-3-1-2-4-11(9)19-12)7-18-16-13(15-17-18)8-5-6-8/h1-4,8H,5-7H2. The molecular formula is C13H11ClN4O. The maximum absolute atomic E-state index is 6.14. The number of hydrogen-bond acceptors (Lipinski definition) is 4. The van der Waals surface area contributed by atoms with Gasteiger partial charge in [-0.15, -0.1) is 10.2 Å². The minimum absolute atomic E-state index is 0.395. The smallest absolute Gasteiger partial charge is 0.199 e. The Morgan fingerprint density at radius 2 is 2.16 bits per heavy atom. The van der Waals surface area contributed by atoms with Crippen LogP contribution >= 0.6 is 11.6 Å². The summed E-state index contributed by atoms with van der Waals surface area (Å²) in [5.74, 6) is 1.34. The lowest BCUT2D eigenvalue weighted by atomic mass is 10.2. The second kappa shape index (κ2) is 4.06. The summed E-state index contributed by atoms with van der Waals surface area (Å²) in [6, 6.07) is 7.76. The van der Waals surface area contributed by atoms with Crippen molar-refractivity contribution in [2.24, 2.45) is 0 Å². The van der Waals surface area contributed by atoms with Gasteiger partial charge in [-0.05, 0) is 35.7 Å². The van der Waals surface area contributed by atoms with Crippen molar-refractivity contribution < 1.29 is 4.42 Å². The largest absolute Gasteiger partial charge is 0.444 e. The van der Waals surface area contributed by atoms with Gasteiger partial charge < -0.3 is 4.42 Å². The van der Waals surface area contributed by atoms with E-state index in [4.69, 9.17) is 16.0 Å². The molecule has 6 heteroatoms. The zero-order valence-corrected chi connectivity index (χ0v) is 10.8. The Balaban J connectivity index is 1.71. The Labute approximate surface area is 114 Å². The molecule has 1 aliphatic rings. The van der Waals surface area contributed by atoms with Crippen LogP contribution in [0.25, 0.3) is 11.0 Å². The lowest BCUT2D eigenvalue weighted by Gasteiger charge is -1.97. The van der Waals surface area contributed by atoms with E-state index >= 15 is 0 Å². The normalized spacial score (nSPS) is 15.2. The molecule has 96 valence electrons. The molecule has 1 fully saturated rings. The summed E-state index contributed by atoms with van der Waals surface area (Å²) >= 11 is 6.14. The predicted molar refractivity (Wildman–Crippen MR) is 70.1 cm³/mol. The fraction of sp³-hybridized carbons (Fsp3) is 0.308. The van der Waals surface area contributed by atoms with Gasteiger partial charge in [-0.25, -0.2) is 0 Å². The van der Waals surface area contributed by atoms with Crippen molar-refractivity contribution in [2.75, 3.05) is 0 Å². The third-order valence-electron chi connectivity index (χ3n) is 3.36. The monoisotopic (exact) mass is 274 g/mol. The molecule has 0 N–H and O–H groups in total. The summed E-state index contributed by atoms with van der Waals surface area (Å²) in [5, 5.41) is 13.9. The van der Waals surface area contributed by atoms with Crippen LogP contribution in [0, 0.1) is 0 Å². The number of hydrogen-bond donors (Lipinski definition) is 0. The number of tetrazole rings is 1.